The van der Waals surface area contributed by atoms with E-state index in [2.05, 4.69) is 4.74 Å². The second-order valence-corrected chi connectivity index (χ2v) is 35.1. The second-order valence-electron chi connectivity index (χ2n) is 21.7. The first-order chi connectivity index (χ1) is 39.5. The van der Waals surface area contributed by atoms with E-state index >= 15 is 0 Å². The van der Waals surface area contributed by atoms with Crippen molar-refractivity contribution < 1.29 is 173 Å². The van der Waals surface area contributed by atoms with E-state index in [1.54, 1.807) is 13.8 Å². The number of carbonyl (C=O) groups excluding carboxylic acids is 6. The third kappa shape index (κ3) is 23.1. The number of aliphatic carboxylic acids is 1. The van der Waals surface area contributed by atoms with Gasteiger partial charge in [-0.05, 0) is 58.3 Å². The van der Waals surface area contributed by atoms with Crippen LogP contribution in [0, 0.1) is 5.92 Å². The summed E-state index contributed by atoms with van der Waals surface area (Å²) in [7, 11) is -42.4. The van der Waals surface area contributed by atoms with Crippen LogP contribution < -0.4 is 0 Å². The van der Waals surface area contributed by atoms with Gasteiger partial charge < -0.3 is 107 Å². The van der Waals surface area contributed by atoms with Crippen molar-refractivity contribution in [2.45, 2.75) is 234 Å². The molecule has 88 heavy (non-hydrogen) atoms. The van der Waals surface area contributed by atoms with Crippen molar-refractivity contribution in [2.24, 2.45) is 5.92 Å². The predicted molar refractivity (Wildman–Crippen MR) is 300 cm³/mol. The highest BCUT2D eigenvalue weighted by atomic mass is 31.2. The Labute approximate surface area is 506 Å². The lowest BCUT2D eigenvalue weighted by Gasteiger charge is -2.40. The van der Waals surface area contributed by atoms with Gasteiger partial charge in [0.1, 0.15) is 0 Å². The number of carbonyl (C=O) groups is 7. The van der Waals surface area contributed by atoms with Crippen molar-refractivity contribution in [2.75, 3.05) is 0 Å². The Bertz CT molecular complexity index is 2790. The van der Waals surface area contributed by atoms with Crippen LogP contribution in [-0.4, -0.2) is 158 Å². The molecule has 0 aromatic heterocycles. The molecule has 0 amide bonds. The summed E-state index contributed by atoms with van der Waals surface area (Å²) in [5.74, 6) is -16.3. The van der Waals surface area contributed by atoms with E-state index in [-0.39, 0.29) is 25.7 Å². The van der Waals surface area contributed by atoms with Gasteiger partial charge in [-0.3, -0.25) is 65.5 Å². The summed E-state index contributed by atoms with van der Waals surface area (Å²) >= 11 is 0. The van der Waals surface area contributed by atoms with Crippen LogP contribution in [-0.2, 0) is 93.9 Å². The molecule has 0 heterocycles. The van der Waals surface area contributed by atoms with Crippen molar-refractivity contribution in [3.05, 3.63) is 0 Å². The normalized spacial score (nSPS) is 17.9. The summed E-state index contributed by atoms with van der Waals surface area (Å²) in [6.45, 7) is 8.90. The number of esters is 6. The maximum atomic E-state index is 14.2. The fourth-order valence-electron chi connectivity index (χ4n) is 8.90. The predicted octanol–water partition coefficient (Wildman–Crippen LogP) is 4.80. The molecule has 0 aromatic rings. The molecule has 0 fully saturated rings. The van der Waals surface area contributed by atoms with Crippen LogP contribution in [0.5, 0.6) is 0 Å². The number of ether oxygens (including phenoxy) is 6. The van der Waals surface area contributed by atoms with Crippen molar-refractivity contribution in [1.82, 2.24) is 0 Å². The van der Waals surface area contributed by atoms with Crippen LogP contribution >= 0.6 is 53.2 Å². The molecular formula is C45H85O36P7. The van der Waals surface area contributed by atoms with E-state index in [0.29, 0.717) is 32.6 Å². The van der Waals surface area contributed by atoms with Gasteiger partial charge in [0, 0.05) is 5.92 Å². The highest BCUT2D eigenvalue weighted by molar-refractivity contribution is 7.55. The highest BCUT2D eigenvalue weighted by Crippen LogP contribution is 2.64. The molecule has 16 N–H and O–H groups in total. The zero-order chi connectivity index (χ0) is 69.4. The number of rotatable bonds is 43. The SMILES string of the molecule is CCCCCCC(O)(CC(=O)OC(CCCCC)(CC(=O)OC(CCCC)(CC(=O)OC(CC(=O)OC(CCC)(CC(=O)OC(CC)(CC(=O)OC(C)(CC(=O)O)P(=O)(O)O)P(=O)(O)O)P(=O)(O)O)(C(C)C)P(=O)(O)O)P(=O)(O)O)P(=O)(O)O)P(=O)(O)O. The van der Waals surface area contributed by atoms with Gasteiger partial charge in [-0.1, -0.05) is 93.4 Å². The van der Waals surface area contributed by atoms with Crippen LogP contribution in [0.1, 0.15) is 197 Å². The molecule has 0 radical (unpaired) electrons. The minimum absolute atomic E-state index is 0.0635. The molecule has 0 saturated carbocycles. The lowest BCUT2D eigenvalue weighted by atomic mass is 10.0. The summed E-state index contributed by atoms with van der Waals surface area (Å²) in [4.78, 5) is 241. The van der Waals surface area contributed by atoms with Crippen molar-refractivity contribution in [3.63, 3.8) is 0 Å². The maximum Gasteiger partial charge on any atom is 0.369 e. The van der Waals surface area contributed by atoms with Gasteiger partial charge in [0.25, 0.3) is 0 Å². The topological polar surface area (TPSA) is 618 Å². The Morgan fingerprint density at radius 2 is 0.682 bits per heavy atom. The standard InChI is InChI=1S/C45H85O36P7/c1-9-14-17-19-21-40(54,83(58,59)60)25-33(48)78-44(87(70,71)72,23-18-15-10-2)28-36(51)79-43(22-16-11-3,86(67,68)69)29-37(52)81-45(31(6)7,88(73,74)75)30-38(53)80-42(20-12-4,85(64,65)66)27-35(50)77-41(13-5,84(61,62)63)26-34(49)76-39(8,24-32(46)47)82(55,56)57/h31,54H,9-30H2,1-8H3,(H,46,47)(H2,55,56,57)(H2,58,59,60)(H2,61,62,63)(H2,64,65,66)(H2,67,68,69)(H2,70,71,72)(H2,73,74,75). The Kier molecular flexibility index (Phi) is 31.9. The summed E-state index contributed by atoms with van der Waals surface area (Å²) in [5, 5.41) is -3.87. The lowest BCUT2D eigenvalue weighted by molar-refractivity contribution is -0.176. The molecule has 516 valence electrons. The average molecular weight is 1420 g/mol. The first-order valence-corrected chi connectivity index (χ1v) is 38.5. The molecule has 0 aliphatic carbocycles. The summed E-state index contributed by atoms with van der Waals surface area (Å²) in [6.07, 6.45) is -17.5. The van der Waals surface area contributed by atoms with Gasteiger partial charge in [-0.2, -0.15) is 0 Å². The third-order valence-electron chi connectivity index (χ3n) is 14.2. The molecule has 0 bridgehead atoms. The Hall–Kier alpha value is -2.70. The minimum Gasteiger partial charge on any atom is -0.481 e. The quantitative estimate of drug-likeness (QED) is 0.0169. The van der Waals surface area contributed by atoms with Crippen LogP contribution in [0.25, 0.3) is 0 Å². The van der Waals surface area contributed by atoms with E-state index in [4.69, 9.17) is 23.7 Å². The highest BCUT2D eigenvalue weighted by Gasteiger charge is 2.63. The Morgan fingerprint density at radius 3 is 1.02 bits per heavy atom. The summed E-state index contributed by atoms with van der Waals surface area (Å²) in [5.41, 5.74) is 0. The molecule has 0 aromatic carbocycles. The maximum absolute atomic E-state index is 14.2. The number of hydrogen-bond acceptors (Lipinski definition) is 21. The number of hydrogen-bond donors (Lipinski definition) is 16. The number of carboxylic acid groups (broad SMARTS) is 1. The number of carboxylic acids is 1. The fourth-order valence-corrected chi connectivity index (χ4v) is 15.5. The van der Waals surface area contributed by atoms with Crippen molar-refractivity contribution >= 4 is 95.0 Å². The van der Waals surface area contributed by atoms with Gasteiger partial charge in [-0.15, -0.1) is 0 Å². The third-order valence-corrected chi connectivity index (χ3v) is 25.2. The molecule has 0 aliphatic rings. The average Bonchev–Trinajstić information content (AvgIpc) is 1.90. The molecule has 0 saturated heterocycles. The van der Waals surface area contributed by atoms with Crippen molar-refractivity contribution in [1.29, 1.82) is 0 Å². The van der Waals surface area contributed by atoms with E-state index < -0.39 is 228 Å². The van der Waals surface area contributed by atoms with Crippen LogP contribution in [0.4, 0.5) is 0 Å². The number of aliphatic hydroxyl groups is 1. The van der Waals surface area contributed by atoms with Crippen LogP contribution in [0.15, 0.2) is 0 Å². The monoisotopic (exact) mass is 1420 g/mol. The first kappa shape index (κ1) is 85.3. The molecule has 43 heteroatoms. The largest absolute Gasteiger partial charge is 0.481 e. The van der Waals surface area contributed by atoms with E-state index in [1.807, 2.05) is 0 Å². The summed E-state index contributed by atoms with van der Waals surface area (Å²) < 4.78 is 122. The van der Waals surface area contributed by atoms with Crippen molar-refractivity contribution in [3.8, 4) is 0 Å². The first-order valence-electron chi connectivity index (χ1n) is 27.2. The molecular weight excluding hydrogens is 1330 g/mol. The van der Waals surface area contributed by atoms with Crippen LogP contribution in [0.2, 0.25) is 0 Å². The van der Waals surface area contributed by atoms with Gasteiger partial charge >= 0.3 is 95.0 Å². The molecule has 7 unspecified atom stereocenters. The number of unbranched alkanes of at least 4 members (excludes halogenated alkanes) is 6. The Balaban J connectivity index is 7.80. The lowest BCUT2D eigenvalue weighted by Crippen LogP contribution is -2.47. The fraction of sp³-hybridized carbons (Fsp3) is 0.844. The second kappa shape index (κ2) is 32.9. The van der Waals surface area contributed by atoms with E-state index in [0.717, 1.165) is 27.7 Å². The van der Waals surface area contributed by atoms with Crippen LogP contribution in [0.3, 0.4) is 0 Å². The zero-order valence-corrected chi connectivity index (χ0v) is 55.8. The van der Waals surface area contributed by atoms with E-state index in [1.165, 1.54) is 6.92 Å². The van der Waals surface area contributed by atoms with E-state index in [9.17, 15) is 144 Å². The zero-order valence-electron chi connectivity index (χ0n) is 49.6. The Morgan fingerprint density at radius 1 is 0.352 bits per heavy atom. The minimum atomic E-state index is -6.33. The smallest absolute Gasteiger partial charge is 0.369 e. The van der Waals surface area contributed by atoms with Gasteiger partial charge in [0.2, 0.25) is 32.1 Å². The van der Waals surface area contributed by atoms with Gasteiger partial charge in [0.15, 0.2) is 5.34 Å². The molecule has 36 nitrogen and oxygen atoms in total. The molecule has 0 aliphatic heterocycles. The van der Waals surface area contributed by atoms with Gasteiger partial charge in [0.05, 0.1) is 44.9 Å². The molecule has 0 rings (SSSR count). The molecule has 0 spiro atoms. The van der Waals surface area contributed by atoms with Gasteiger partial charge in [-0.25, -0.2) is 0 Å². The summed E-state index contributed by atoms with van der Waals surface area (Å²) in [6, 6.07) is 0. The molecule has 7 atom stereocenters.